The summed E-state index contributed by atoms with van der Waals surface area (Å²) in [7, 11) is 0. The van der Waals surface area contributed by atoms with Crippen LogP contribution in [0, 0.1) is 6.92 Å². The van der Waals surface area contributed by atoms with Crippen molar-refractivity contribution < 1.29 is 4.79 Å². The SMILES string of the molecule is CCCC.Cc1cc2cn(CCC(=O)NCCCN=C(N)N)c(=O)nc2[nH]1. The van der Waals surface area contributed by atoms with Crippen LogP contribution in [0.5, 0.6) is 0 Å². The fourth-order valence-electron chi connectivity index (χ4n) is 2.16. The molecular weight excluding hydrogens is 346 g/mol. The summed E-state index contributed by atoms with van der Waals surface area (Å²) in [5, 5.41) is 3.60. The summed E-state index contributed by atoms with van der Waals surface area (Å²) in [4.78, 5) is 34.4. The van der Waals surface area contributed by atoms with Crippen molar-refractivity contribution in [2.75, 3.05) is 13.1 Å². The summed E-state index contributed by atoms with van der Waals surface area (Å²) >= 11 is 0. The monoisotopic (exact) mass is 377 g/mol. The van der Waals surface area contributed by atoms with Crippen molar-refractivity contribution in [1.82, 2.24) is 19.9 Å². The zero-order valence-corrected chi connectivity index (χ0v) is 16.4. The van der Waals surface area contributed by atoms with E-state index in [1.165, 1.54) is 17.4 Å². The van der Waals surface area contributed by atoms with Crippen molar-refractivity contribution in [3.8, 4) is 0 Å². The second-order valence-corrected chi connectivity index (χ2v) is 6.23. The highest BCUT2D eigenvalue weighted by Gasteiger charge is 2.06. The molecule has 2 rings (SSSR count). The number of hydrogen-bond acceptors (Lipinski definition) is 4. The van der Waals surface area contributed by atoms with Gasteiger partial charge in [-0.25, -0.2) is 4.79 Å². The van der Waals surface area contributed by atoms with E-state index in [9.17, 15) is 9.59 Å². The molecule has 1 amide bonds. The molecule has 9 heteroatoms. The number of hydrogen-bond donors (Lipinski definition) is 4. The minimum absolute atomic E-state index is 0.0404. The fraction of sp³-hybridized carbons (Fsp3) is 0.556. The molecule has 2 heterocycles. The third kappa shape index (κ3) is 8.39. The number of nitrogens with one attached hydrogen (secondary N) is 2. The van der Waals surface area contributed by atoms with E-state index in [4.69, 9.17) is 11.5 Å². The van der Waals surface area contributed by atoms with Crippen molar-refractivity contribution >= 4 is 22.9 Å². The number of carbonyl (C=O) groups is 1. The topological polar surface area (TPSA) is 144 Å². The van der Waals surface area contributed by atoms with Crippen LogP contribution in [0.3, 0.4) is 0 Å². The Hall–Kier alpha value is -2.84. The van der Waals surface area contributed by atoms with Crippen LogP contribution >= 0.6 is 0 Å². The first-order valence-electron chi connectivity index (χ1n) is 9.26. The molecule has 0 aliphatic rings. The van der Waals surface area contributed by atoms with Gasteiger partial charge in [-0.3, -0.25) is 14.4 Å². The lowest BCUT2D eigenvalue weighted by Crippen LogP contribution is -2.29. The van der Waals surface area contributed by atoms with Gasteiger partial charge in [0, 0.05) is 43.3 Å². The molecule has 0 bridgehead atoms. The van der Waals surface area contributed by atoms with Crippen molar-refractivity contribution in [1.29, 1.82) is 0 Å². The Morgan fingerprint density at radius 3 is 2.67 bits per heavy atom. The number of rotatable bonds is 8. The standard InChI is InChI=1S/C14H21N7O2.C4H10/c1-9-7-10-8-21(14(23)20-12(10)19-9)6-3-11(22)17-4-2-5-18-13(15)16;1-3-4-2/h7-8H,2-6H2,1H3,(H,17,22)(H4,15,16,18)(H,19,20,23);3-4H2,1-2H3. The number of amides is 1. The van der Waals surface area contributed by atoms with Gasteiger partial charge in [0.1, 0.15) is 5.65 Å². The minimum atomic E-state index is -0.375. The van der Waals surface area contributed by atoms with Crippen molar-refractivity contribution in [2.45, 2.75) is 53.0 Å². The molecule has 9 nitrogen and oxygen atoms in total. The van der Waals surface area contributed by atoms with Crippen molar-refractivity contribution in [3.63, 3.8) is 0 Å². The Morgan fingerprint density at radius 1 is 1.33 bits per heavy atom. The number of unbranched alkanes of at least 4 members (excludes halogenated alkanes) is 1. The van der Waals surface area contributed by atoms with E-state index >= 15 is 0 Å². The average molecular weight is 377 g/mol. The Bertz CT molecular complexity index is 802. The van der Waals surface area contributed by atoms with Gasteiger partial charge in [-0.05, 0) is 19.4 Å². The largest absolute Gasteiger partial charge is 0.370 e. The quantitative estimate of drug-likeness (QED) is 0.308. The summed E-state index contributed by atoms with van der Waals surface area (Å²) in [5.74, 6) is -0.0921. The molecule has 0 saturated heterocycles. The lowest BCUT2D eigenvalue weighted by molar-refractivity contribution is -0.121. The van der Waals surface area contributed by atoms with E-state index in [1.54, 1.807) is 6.20 Å². The number of nitrogens with two attached hydrogens (primary N) is 2. The normalized spacial score (nSPS) is 10.2. The summed E-state index contributed by atoms with van der Waals surface area (Å²) < 4.78 is 1.44. The molecule has 0 aromatic carbocycles. The van der Waals surface area contributed by atoms with Gasteiger partial charge in [-0.15, -0.1) is 0 Å². The Balaban J connectivity index is 0.000000828. The lowest BCUT2D eigenvalue weighted by atomic mass is 10.3. The van der Waals surface area contributed by atoms with Gasteiger partial charge in [-0.1, -0.05) is 26.7 Å². The molecule has 6 N–H and O–H groups in total. The first kappa shape index (κ1) is 22.2. The maximum atomic E-state index is 11.9. The summed E-state index contributed by atoms with van der Waals surface area (Å²) in [6, 6.07) is 1.90. The molecule has 0 radical (unpaired) electrons. The fourth-order valence-corrected chi connectivity index (χ4v) is 2.16. The summed E-state index contributed by atoms with van der Waals surface area (Å²) in [6.07, 6.45) is 5.21. The number of H-pyrrole nitrogens is 1. The molecule has 0 aliphatic heterocycles. The third-order valence-corrected chi connectivity index (χ3v) is 3.74. The van der Waals surface area contributed by atoms with Crippen molar-refractivity contribution in [3.05, 3.63) is 28.4 Å². The molecule has 0 atom stereocenters. The van der Waals surface area contributed by atoms with Crippen LogP contribution in [-0.2, 0) is 11.3 Å². The average Bonchev–Trinajstić information content (AvgIpc) is 2.98. The van der Waals surface area contributed by atoms with Crippen LogP contribution in [0.25, 0.3) is 11.0 Å². The molecule has 0 unspecified atom stereocenters. The molecule has 0 fully saturated rings. The second kappa shape index (κ2) is 11.7. The highest BCUT2D eigenvalue weighted by Crippen LogP contribution is 2.09. The van der Waals surface area contributed by atoms with Crippen LogP contribution in [0.1, 0.15) is 45.2 Å². The minimum Gasteiger partial charge on any atom is -0.370 e. The van der Waals surface area contributed by atoms with E-state index in [2.05, 4.69) is 34.1 Å². The summed E-state index contributed by atoms with van der Waals surface area (Å²) in [6.45, 7) is 7.49. The van der Waals surface area contributed by atoms with Gasteiger partial charge in [0.05, 0.1) is 0 Å². The Kier molecular flexibility index (Phi) is 9.63. The van der Waals surface area contributed by atoms with Gasteiger partial charge in [0.2, 0.25) is 5.91 Å². The molecule has 0 spiro atoms. The maximum absolute atomic E-state index is 11.9. The number of aromatic nitrogens is 3. The molecule has 150 valence electrons. The van der Waals surface area contributed by atoms with E-state index in [0.717, 1.165) is 11.1 Å². The van der Waals surface area contributed by atoms with E-state index in [1.807, 2.05) is 13.0 Å². The molecule has 0 aliphatic carbocycles. The predicted molar refractivity (Wildman–Crippen MR) is 109 cm³/mol. The van der Waals surface area contributed by atoms with Gasteiger partial charge < -0.3 is 21.8 Å². The van der Waals surface area contributed by atoms with Crippen LogP contribution in [0.15, 0.2) is 22.1 Å². The van der Waals surface area contributed by atoms with E-state index in [-0.39, 0.29) is 30.5 Å². The zero-order chi connectivity index (χ0) is 20.2. The van der Waals surface area contributed by atoms with E-state index < -0.39 is 0 Å². The Labute approximate surface area is 159 Å². The predicted octanol–water partition coefficient (Wildman–Crippen LogP) is 1.01. The number of nitrogens with zero attached hydrogens (tertiary/aromatic N) is 3. The van der Waals surface area contributed by atoms with Crippen molar-refractivity contribution in [2.24, 2.45) is 16.5 Å². The van der Waals surface area contributed by atoms with Gasteiger partial charge in [0.15, 0.2) is 5.96 Å². The first-order valence-corrected chi connectivity index (χ1v) is 9.26. The highest BCUT2D eigenvalue weighted by molar-refractivity contribution is 5.77. The smallest absolute Gasteiger partial charge is 0.349 e. The van der Waals surface area contributed by atoms with Crippen LogP contribution in [0.4, 0.5) is 0 Å². The molecule has 0 saturated carbocycles. The third-order valence-electron chi connectivity index (χ3n) is 3.74. The summed E-state index contributed by atoms with van der Waals surface area (Å²) in [5.41, 5.74) is 11.5. The van der Waals surface area contributed by atoms with E-state index in [0.29, 0.717) is 25.2 Å². The van der Waals surface area contributed by atoms with Gasteiger partial charge >= 0.3 is 5.69 Å². The lowest BCUT2D eigenvalue weighted by Gasteiger charge is -2.06. The highest BCUT2D eigenvalue weighted by atomic mass is 16.2. The number of carbonyl (C=O) groups excluding carboxylic acids is 1. The molecule has 2 aromatic rings. The first-order chi connectivity index (χ1) is 12.9. The number of aromatic amines is 1. The van der Waals surface area contributed by atoms with Gasteiger partial charge in [-0.2, -0.15) is 4.98 Å². The van der Waals surface area contributed by atoms with Crippen LogP contribution in [0.2, 0.25) is 0 Å². The van der Waals surface area contributed by atoms with Crippen LogP contribution in [-0.4, -0.2) is 39.5 Å². The zero-order valence-electron chi connectivity index (χ0n) is 16.4. The molecule has 2 aromatic heterocycles. The number of fused-ring (bicyclic) bond motifs is 1. The second-order valence-electron chi connectivity index (χ2n) is 6.23. The van der Waals surface area contributed by atoms with Gasteiger partial charge in [0.25, 0.3) is 0 Å². The number of aryl methyl sites for hydroxylation is 2. The molecule has 27 heavy (non-hydrogen) atoms. The van der Waals surface area contributed by atoms with Crippen LogP contribution < -0.4 is 22.5 Å². The number of guanidine groups is 1. The number of aliphatic imine (C=N–C) groups is 1. The molecular formula is C18H31N7O2. The maximum Gasteiger partial charge on any atom is 0.349 e. The Morgan fingerprint density at radius 2 is 2.04 bits per heavy atom.